The summed E-state index contributed by atoms with van der Waals surface area (Å²) in [7, 11) is 0. The molecule has 1 rings (SSSR count). The van der Waals surface area contributed by atoms with E-state index in [9.17, 15) is 4.79 Å². The molecule has 0 amide bonds. The number of carbonyl (C=O) groups excluding carboxylic acids is 1. The first-order valence-electron chi connectivity index (χ1n) is 8.76. The maximum atomic E-state index is 12.0. The van der Waals surface area contributed by atoms with Gasteiger partial charge in [-0.05, 0) is 19.3 Å². The summed E-state index contributed by atoms with van der Waals surface area (Å²) in [5.74, 6) is -0.166. The predicted octanol–water partition coefficient (Wildman–Crippen LogP) is 4.23. The Morgan fingerprint density at radius 3 is 2.59 bits per heavy atom. The van der Waals surface area contributed by atoms with Crippen molar-refractivity contribution in [1.29, 1.82) is 0 Å². The Morgan fingerprint density at radius 2 is 1.95 bits per heavy atom. The van der Waals surface area contributed by atoms with Crippen LogP contribution in [0, 0.1) is 5.92 Å². The average Bonchev–Trinajstić information content (AvgIpc) is 2.53. The van der Waals surface area contributed by atoms with E-state index in [1.807, 2.05) is 6.92 Å². The van der Waals surface area contributed by atoms with Gasteiger partial charge in [0.1, 0.15) is 6.10 Å². The summed E-state index contributed by atoms with van der Waals surface area (Å²) in [4.78, 5) is 12.0. The molecule has 1 aliphatic heterocycles. The molecule has 0 aromatic heterocycles. The van der Waals surface area contributed by atoms with Gasteiger partial charge in [-0.2, -0.15) is 0 Å². The lowest BCUT2D eigenvalue weighted by Crippen LogP contribution is -2.39. The lowest BCUT2D eigenvalue weighted by molar-refractivity contribution is -0.228. The van der Waals surface area contributed by atoms with Gasteiger partial charge in [0.2, 0.25) is 0 Å². The molecule has 0 N–H and O–H groups in total. The van der Waals surface area contributed by atoms with Crippen LogP contribution < -0.4 is 0 Å². The zero-order chi connectivity index (χ0) is 16.2. The van der Waals surface area contributed by atoms with Gasteiger partial charge in [-0.3, -0.25) is 4.79 Å². The highest BCUT2D eigenvalue weighted by Gasteiger charge is 2.26. The van der Waals surface area contributed by atoms with Crippen LogP contribution in [0.2, 0.25) is 0 Å². The van der Waals surface area contributed by atoms with E-state index >= 15 is 0 Å². The van der Waals surface area contributed by atoms with Crippen molar-refractivity contribution in [1.82, 2.24) is 0 Å². The fourth-order valence-electron chi connectivity index (χ4n) is 2.38. The molecule has 0 aromatic carbocycles. The molecule has 4 heteroatoms. The SMILES string of the molecule is CC/C=C\CCC1OCC(OC(=O)C(C)CCCCC)CO1. The molecule has 1 aliphatic rings. The summed E-state index contributed by atoms with van der Waals surface area (Å²) >= 11 is 0. The summed E-state index contributed by atoms with van der Waals surface area (Å²) in [6, 6.07) is 0. The van der Waals surface area contributed by atoms with Crippen molar-refractivity contribution < 1.29 is 19.0 Å². The fraction of sp³-hybridized carbons (Fsp3) is 0.833. The topological polar surface area (TPSA) is 44.8 Å². The summed E-state index contributed by atoms with van der Waals surface area (Å²) in [6.07, 6.45) is 11.0. The standard InChI is InChI=1S/C18H32O4/c1-4-6-8-10-12-17-20-13-16(14-21-17)22-18(19)15(3)11-9-7-5-2/h6,8,15-17H,4-5,7,9-14H2,1-3H3/b8-6-. The van der Waals surface area contributed by atoms with Gasteiger partial charge in [0.05, 0.1) is 19.1 Å². The molecule has 1 unspecified atom stereocenters. The first kappa shape index (κ1) is 19.2. The third kappa shape index (κ3) is 7.95. The average molecular weight is 312 g/mol. The highest BCUT2D eigenvalue weighted by atomic mass is 16.7. The van der Waals surface area contributed by atoms with E-state index in [0.717, 1.165) is 32.1 Å². The molecule has 0 aliphatic carbocycles. The number of unbranched alkanes of at least 4 members (excludes halogenated alkanes) is 2. The molecule has 1 saturated heterocycles. The first-order valence-corrected chi connectivity index (χ1v) is 8.76. The van der Waals surface area contributed by atoms with Crippen LogP contribution in [0.5, 0.6) is 0 Å². The Kier molecular flexibility index (Phi) is 10.2. The molecule has 4 nitrogen and oxygen atoms in total. The second-order valence-electron chi connectivity index (χ2n) is 6.01. The largest absolute Gasteiger partial charge is 0.457 e. The maximum absolute atomic E-state index is 12.0. The molecule has 1 fully saturated rings. The second kappa shape index (κ2) is 11.7. The van der Waals surface area contributed by atoms with E-state index in [-0.39, 0.29) is 24.3 Å². The van der Waals surface area contributed by atoms with Crippen molar-refractivity contribution in [3.63, 3.8) is 0 Å². The van der Waals surface area contributed by atoms with Crippen molar-refractivity contribution in [2.75, 3.05) is 13.2 Å². The Labute approximate surface area is 135 Å². The molecular weight excluding hydrogens is 280 g/mol. The van der Waals surface area contributed by atoms with E-state index < -0.39 is 0 Å². The number of rotatable bonds is 10. The molecule has 1 atom stereocenters. The number of allylic oxidation sites excluding steroid dienone is 2. The van der Waals surface area contributed by atoms with Crippen LogP contribution in [-0.2, 0) is 19.0 Å². The predicted molar refractivity (Wildman–Crippen MR) is 87.5 cm³/mol. The molecule has 22 heavy (non-hydrogen) atoms. The van der Waals surface area contributed by atoms with E-state index in [4.69, 9.17) is 14.2 Å². The van der Waals surface area contributed by atoms with Gasteiger partial charge in [-0.15, -0.1) is 0 Å². The van der Waals surface area contributed by atoms with Crippen LogP contribution in [0.4, 0.5) is 0 Å². The monoisotopic (exact) mass is 312 g/mol. The normalized spacial score (nSPS) is 23.6. The Morgan fingerprint density at radius 1 is 1.23 bits per heavy atom. The number of ether oxygens (including phenoxy) is 3. The van der Waals surface area contributed by atoms with Gasteiger partial charge < -0.3 is 14.2 Å². The number of carbonyl (C=O) groups is 1. The lowest BCUT2D eigenvalue weighted by atomic mass is 10.0. The summed E-state index contributed by atoms with van der Waals surface area (Å²) in [6.45, 7) is 7.09. The highest BCUT2D eigenvalue weighted by Crippen LogP contribution is 2.16. The molecule has 0 aromatic rings. The summed E-state index contributed by atoms with van der Waals surface area (Å²) in [5.41, 5.74) is 0. The van der Waals surface area contributed by atoms with E-state index in [1.165, 1.54) is 12.8 Å². The summed E-state index contributed by atoms with van der Waals surface area (Å²) in [5, 5.41) is 0. The minimum atomic E-state index is -0.261. The van der Waals surface area contributed by atoms with Crippen molar-refractivity contribution in [3.8, 4) is 0 Å². The second-order valence-corrected chi connectivity index (χ2v) is 6.01. The zero-order valence-electron chi connectivity index (χ0n) is 14.4. The maximum Gasteiger partial charge on any atom is 0.309 e. The third-order valence-electron chi connectivity index (χ3n) is 3.83. The van der Waals surface area contributed by atoms with Gasteiger partial charge in [-0.1, -0.05) is 52.2 Å². The van der Waals surface area contributed by atoms with E-state index in [2.05, 4.69) is 26.0 Å². The molecule has 0 saturated carbocycles. The van der Waals surface area contributed by atoms with Crippen molar-refractivity contribution in [2.24, 2.45) is 5.92 Å². The summed E-state index contributed by atoms with van der Waals surface area (Å²) < 4.78 is 16.7. The van der Waals surface area contributed by atoms with Crippen LogP contribution >= 0.6 is 0 Å². The van der Waals surface area contributed by atoms with E-state index in [1.54, 1.807) is 0 Å². The van der Waals surface area contributed by atoms with Crippen LogP contribution in [0.3, 0.4) is 0 Å². The van der Waals surface area contributed by atoms with E-state index in [0.29, 0.717) is 13.2 Å². The van der Waals surface area contributed by atoms with Gasteiger partial charge in [0.25, 0.3) is 0 Å². The van der Waals surface area contributed by atoms with Gasteiger partial charge in [-0.25, -0.2) is 0 Å². The van der Waals surface area contributed by atoms with Gasteiger partial charge in [0, 0.05) is 6.42 Å². The van der Waals surface area contributed by atoms with Crippen molar-refractivity contribution >= 4 is 5.97 Å². The van der Waals surface area contributed by atoms with Crippen molar-refractivity contribution in [3.05, 3.63) is 12.2 Å². The fourth-order valence-corrected chi connectivity index (χ4v) is 2.38. The molecule has 1 heterocycles. The number of hydrogen-bond donors (Lipinski definition) is 0. The lowest BCUT2D eigenvalue weighted by Gasteiger charge is -2.29. The first-order chi connectivity index (χ1) is 10.7. The zero-order valence-corrected chi connectivity index (χ0v) is 14.4. The van der Waals surface area contributed by atoms with Crippen LogP contribution in [0.1, 0.15) is 65.7 Å². The Balaban J connectivity index is 2.16. The smallest absolute Gasteiger partial charge is 0.309 e. The highest BCUT2D eigenvalue weighted by molar-refractivity contribution is 5.72. The van der Waals surface area contributed by atoms with Crippen LogP contribution in [0.25, 0.3) is 0 Å². The number of esters is 1. The third-order valence-corrected chi connectivity index (χ3v) is 3.83. The number of hydrogen-bond acceptors (Lipinski definition) is 4. The molecular formula is C18H32O4. The molecule has 128 valence electrons. The van der Waals surface area contributed by atoms with Gasteiger partial charge >= 0.3 is 5.97 Å². The molecule has 0 bridgehead atoms. The van der Waals surface area contributed by atoms with Crippen molar-refractivity contribution in [2.45, 2.75) is 78.1 Å². The van der Waals surface area contributed by atoms with Gasteiger partial charge in [0.15, 0.2) is 6.29 Å². The Bertz CT molecular complexity index is 319. The molecule has 0 radical (unpaired) electrons. The van der Waals surface area contributed by atoms with Crippen LogP contribution in [-0.4, -0.2) is 31.6 Å². The minimum absolute atomic E-state index is 0.0385. The van der Waals surface area contributed by atoms with Crippen LogP contribution in [0.15, 0.2) is 12.2 Å². The minimum Gasteiger partial charge on any atom is -0.457 e. The Hall–Kier alpha value is -0.870. The molecule has 0 spiro atoms. The quantitative estimate of drug-likeness (QED) is 0.344.